The number of rotatable bonds is 34. The van der Waals surface area contributed by atoms with Crippen molar-refractivity contribution in [1.82, 2.24) is 0 Å². The van der Waals surface area contributed by atoms with Crippen molar-refractivity contribution in [2.75, 3.05) is 13.2 Å². The number of unbranched alkanes of at least 4 members (excludes halogenated alkanes) is 17. The molecule has 0 amide bonds. The standard InChI is InChI=1S/C41H72O5/c1-3-5-7-9-11-13-15-17-19-21-22-24-26-28-30-32-34-39(41(45)46-37-38(43)36-42)40(44)35-33-31-29-27-25-23-20-18-16-14-12-10-8-6-4-2/h11,13,17,19,22,24,28,30,38-39,42-43H,3-10,12,14-16,18,20-21,23,25-27,29,31-37H2,1-2H3/b13-11-,19-17-,24-22-,30-28-. The van der Waals surface area contributed by atoms with Crippen LogP contribution in [-0.4, -0.2) is 41.3 Å². The Morgan fingerprint density at radius 1 is 0.565 bits per heavy atom. The zero-order chi connectivity index (χ0) is 33.8. The summed E-state index contributed by atoms with van der Waals surface area (Å²) in [4.78, 5) is 25.6. The van der Waals surface area contributed by atoms with Crippen LogP contribution in [0.4, 0.5) is 0 Å². The van der Waals surface area contributed by atoms with Crippen LogP contribution in [0, 0.1) is 5.92 Å². The average molecular weight is 645 g/mol. The molecule has 0 aliphatic heterocycles. The molecule has 0 radical (unpaired) electrons. The monoisotopic (exact) mass is 645 g/mol. The maximum atomic E-state index is 13.0. The Balaban J connectivity index is 4.21. The molecule has 0 saturated carbocycles. The van der Waals surface area contributed by atoms with E-state index in [0.717, 1.165) is 38.5 Å². The Labute approximate surface area is 284 Å². The van der Waals surface area contributed by atoms with Crippen LogP contribution in [0.25, 0.3) is 0 Å². The number of ether oxygens (including phenoxy) is 1. The lowest BCUT2D eigenvalue weighted by Crippen LogP contribution is -2.30. The molecular formula is C41H72O5. The molecule has 2 unspecified atom stereocenters. The molecule has 46 heavy (non-hydrogen) atoms. The first-order chi connectivity index (χ1) is 22.6. The number of ketones is 1. The zero-order valence-corrected chi connectivity index (χ0v) is 30.0. The van der Waals surface area contributed by atoms with Gasteiger partial charge in [-0.3, -0.25) is 9.59 Å². The quantitative estimate of drug-likeness (QED) is 0.0315. The summed E-state index contributed by atoms with van der Waals surface area (Å²) in [6, 6.07) is 0. The molecule has 266 valence electrons. The number of aliphatic hydroxyl groups is 2. The van der Waals surface area contributed by atoms with Gasteiger partial charge in [-0.15, -0.1) is 0 Å². The van der Waals surface area contributed by atoms with Crippen LogP contribution in [0.2, 0.25) is 0 Å². The maximum absolute atomic E-state index is 13.0. The second-order valence-corrected chi connectivity index (χ2v) is 12.9. The normalized spacial score (nSPS) is 13.5. The molecule has 0 aromatic heterocycles. The van der Waals surface area contributed by atoms with E-state index in [0.29, 0.717) is 19.3 Å². The third kappa shape index (κ3) is 30.7. The predicted molar refractivity (Wildman–Crippen MR) is 196 cm³/mol. The minimum Gasteiger partial charge on any atom is -0.462 e. The third-order valence-corrected chi connectivity index (χ3v) is 8.41. The highest BCUT2D eigenvalue weighted by Gasteiger charge is 2.27. The van der Waals surface area contributed by atoms with Crippen LogP contribution in [0.1, 0.15) is 174 Å². The van der Waals surface area contributed by atoms with Gasteiger partial charge < -0.3 is 14.9 Å². The van der Waals surface area contributed by atoms with E-state index in [1.807, 2.05) is 6.08 Å². The highest BCUT2D eigenvalue weighted by atomic mass is 16.5. The van der Waals surface area contributed by atoms with E-state index >= 15 is 0 Å². The first kappa shape index (κ1) is 44.0. The predicted octanol–water partition coefficient (Wildman–Crippen LogP) is 11.1. The maximum Gasteiger partial charge on any atom is 0.316 e. The lowest BCUT2D eigenvalue weighted by atomic mass is 9.94. The van der Waals surface area contributed by atoms with Gasteiger partial charge in [-0.1, -0.05) is 165 Å². The molecule has 2 N–H and O–H groups in total. The van der Waals surface area contributed by atoms with E-state index in [-0.39, 0.29) is 12.4 Å². The largest absolute Gasteiger partial charge is 0.462 e. The van der Waals surface area contributed by atoms with E-state index in [1.165, 1.54) is 103 Å². The van der Waals surface area contributed by atoms with Crippen LogP contribution in [0.3, 0.4) is 0 Å². The van der Waals surface area contributed by atoms with Gasteiger partial charge in [0.1, 0.15) is 24.4 Å². The van der Waals surface area contributed by atoms with Gasteiger partial charge in [0.15, 0.2) is 0 Å². The van der Waals surface area contributed by atoms with Crippen LogP contribution in [0.15, 0.2) is 48.6 Å². The molecule has 0 aromatic carbocycles. The topological polar surface area (TPSA) is 83.8 Å². The van der Waals surface area contributed by atoms with Crippen molar-refractivity contribution in [2.24, 2.45) is 5.92 Å². The molecule has 5 nitrogen and oxygen atoms in total. The molecule has 0 spiro atoms. The summed E-state index contributed by atoms with van der Waals surface area (Å²) >= 11 is 0. The van der Waals surface area contributed by atoms with Gasteiger partial charge in [0, 0.05) is 6.42 Å². The first-order valence-electron chi connectivity index (χ1n) is 19.1. The van der Waals surface area contributed by atoms with Crippen LogP contribution in [-0.2, 0) is 14.3 Å². The van der Waals surface area contributed by atoms with Crippen LogP contribution >= 0.6 is 0 Å². The number of Topliss-reactive ketones (excluding diaryl/α,β-unsaturated/α-hetero) is 1. The van der Waals surface area contributed by atoms with E-state index in [9.17, 15) is 14.7 Å². The lowest BCUT2D eigenvalue weighted by molar-refractivity contribution is -0.155. The van der Waals surface area contributed by atoms with Crippen molar-refractivity contribution in [3.63, 3.8) is 0 Å². The van der Waals surface area contributed by atoms with E-state index < -0.39 is 24.6 Å². The van der Waals surface area contributed by atoms with Crippen molar-refractivity contribution in [3.05, 3.63) is 48.6 Å². The smallest absolute Gasteiger partial charge is 0.316 e. The van der Waals surface area contributed by atoms with Gasteiger partial charge in [0.25, 0.3) is 0 Å². The molecular weight excluding hydrogens is 572 g/mol. The van der Waals surface area contributed by atoms with Gasteiger partial charge in [-0.05, 0) is 51.4 Å². The molecule has 0 heterocycles. The Morgan fingerprint density at radius 2 is 0.978 bits per heavy atom. The lowest BCUT2D eigenvalue weighted by Gasteiger charge is -2.16. The Morgan fingerprint density at radius 3 is 1.46 bits per heavy atom. The van der Waals surface area contributed by atoms with Gasteiger partial charge in [-0.25, -0.2) is 0 Å². The van der Waals surface area contributed by atoms with Crippen molar-refractivity contribution in [3.8, 4) is 0 Å². The fraction of sp³-hybridized carbons (Fsp3) is 0.756. The SMILES string of the molecule is CCCCC/C=C\C/C=C\C/C=C\C/C=C\CCC(C(=O)CCCCCCCCCCCCCCCCC)C(=O)OCC(O)CO. The molecule has 0 aliphatic carbocycles. The van der Waals surface area contributed by atoms with Crippen molar-refractivity contribution < 1.29 is 24.5 Å². The number of hydrogen-bond donors (Lipinski definition) is 2. The number of aliphatic hydroxyl groups excluding tert-OH is 2. The minimum absolute atomic E-state index is 0.0749. The summed E-state index contributed by atoms with van der Waals surface area (Å²) in [7, 11) is 0. The molecule has 0 rings (SSSR count). The number of allylic oxidation sites excluding steroid dienone is 8. The molecule has 2 atom stereocenters. The molecule has 0 aliphatic rings. The van der Waals surface area contributed by atoms with Gasteiger partial charge >= 0.3 is 5.97 Å². The Hall–Kier alpha value is -1.98. The number of carbonyl (C=O) groups is 2. The number of hydrogen-bond acceptors (Lipinski definition) is 5. The van der Waals surface area contributed by atoms with Crippen molar-refractivity contribution in [1.29, 1.82) is 0 Å². The number of esters is 1. The second-order valence-electron chi connectivity index (χ2n) is 12.9. The molecule has 0 saturated heterocycles. The van der Waals surface area contributed by atoms with E-state index in [4.69, 9.17) is 9.84 Å². The first-order valence-corrected chi connectivity index (χ1v) is 19.1. The average Bonchev–Trinajstić information content (AvgIpc) is 3.06. The zero-order valence-electron chi connectivity index (χ0n) is 30.0. The summed E-state index contributed by atoms with van der Waals surface area (Å²) in [6.07, 6.45) is 44.3. The highest BCUT2D eigenvalue weighted by Crippen LogP contribution is 2.18. The molecule has 5 heteroatoms. The Kier molecular flexibility index (Phi) is 34.3. The number of carbonyl (C=O) groups excluding carboxylic acids is 2. The molecule has 0 bridgehead atoms. The van der Waals surface area contributed by atoms with Crippen LogP contribution in [0.5, 0.6) is 0 Å². The summed E-state index contributed by atoms with van der Waals surface area (Å²) in [5.74, 6) is -1.48. The van der Waals surface area contributed by atoms with Gasteiger partial charge in [0.2, 0.25) is 0 Å². The van der Waals surface area contributed by atoms with Crippen molar-refractivity contribution in [2.45, 2.75) is 180 Å². The minimum atomic E-state index is -1.12. The Bertz CT molecular complexity index is 797. The summed E-state index contributed by atoms with van der Waals surface area (Å²) in [5, 5.41) is 18.6. The highest BCUT2D eigenvalue weighted by molar-refractivity contribution is 5.98. The third-order valence-electron chi connectivity index (χ3n) is 8.41. The fourth-order valence-corrected chi connectivity index (χ4v) is 5.41. The molecule has 0 fully saturated rings. The van der Waals surface area contributed by atoms with E-state index in [1.54, 1.807) is 0 Å². The fourth-order valence-electron chi connectivity index (χ4n) is 5.41. The summed E-state index contributed by atoms with van der Waals surface area (Å²) in [6.45, 7) is 3.72. The van der Waals surface area contributed by atoms with Crippen molar-refractivity contribution >= 4 is 11.8 Å². The molecule has 0 aromatic rings. The van der Waals surface area contributed by atoms with E-state index in [2.05, 4.69) is 56.4 Å². The summed E-state index contributed by atoms with van der Waals surface area (Å²) < 4.78 is 5.17. The van der Waals surface area contributed by atoms with Gasteiger partial charge in [0.05, 0.1) is 6.61 Å². The second kappa shape index (κ2) is 35.9. The van der Waals surface area contributed by atoms with Crippen LogP contribution < -0.4 is 0 Å². The summed E-state index contributed by atoms with van der Waals surface area (Å²) in [5.41, 5.74) is 0. The van der Waals surface area contributed by atoms with Gasteiger partial charge in [-0.2, -0.15) is 0 Å².